The summed E-state index contributed by atoms with van der Waals surface area (Å²) in [5.41, 5.74) is 12.5. The predicted octanol–water partition coefficient (Wildman–Crippen LogP) is 9.92. The summed E-state index contributed by atoms with van der Waals surface area (Å²) in [4.78, 5) is 9.86. The Labute approximate surface area is 262 Å². The summed E-state index contributed by atoms with van der Waals surface area (Å²) in [6.07, 6.45) is -3.81. The van der Waals surface area contributed by atoms with E-state index < -0.39 is 22.1 Å². The van der Waals surface area contributed by atoms with Crippen molar-refractivity contribution >= 4 is 37.1 Å². The number of hydrogen-bond donors (Lipinski definition) is 0. The van der Waals surface area contributed by atoms with Gasteiger partial charge >= 0.3 is 263 Å². The Kier molecular flexibility index (Phi) is 2.19. The van der Waals surface area contributed by atoms with Crippen molar-refractivity contribution in [3.05, 3.63) is 117 Å². The van der Waals surface area contributed by atoms with Crippen LogP contribution in [0.4, 0.5) is 0 Å². The second-order valence-corrected chi connectivity index (χ2v) is 44.5. The first-order valence-electron chi connectivity index (χ1n) is 17.3. The van der Waals surface area contributed by atoms with Crippen LogP contribution in [-0.4, -0.2) is 8.25 Å². The van der Waals surface area contributed by atoms with Crippen molar-refractivity contribution < 1.29 is 6.23 Å². The Morgan fingerprint density at radius 2 is 0.667 bits per heavy atom. The van der Waals surface area contributed by atoms with E-state index >= 15 is 0 Å². The summed E-state index contributed by atoms with van der Waals surface area (Å²) in [7, 11) is -0.856. The van der Waals surface area contributed by atoms with Gasteiger partial charge in [-0.15, -0.1) is 0 Å². The van der Waals surface area contributed by atoms with Crippen molar-refractivity contribution in [1.82, 2.24) is 0 Å². The van der Waals surface area contributed by atoms with Crippen LogP contribution in [-0.2, 0) is 6.23 Å². The Morgan fingerprint density at radius 1 is 0.400 bits per heavy atom. The average Bonchev–Trinajstić information content (AvgIpc) is 3.97. The molecule has 1 spiro atoms. The Morgan fingerprint density at radius 3 is 0.889 bits per heavy atom. The van der Waals surface area contributed by atoms with E-state index in [1.54, 1.807) is 43.5 Å². The second kappa shape index (κ2) is 4.05. The van der Waals surface area contributed by atoms with Gasteiger partial charge in [-0.1, -0.05) is 0 Å². The van der Waals surface area contributed by atoms with Crippen molar-refractivity contribution in [2.75, 3.05) is 0 Å². The van der Waals surface area contributed by atoms with Gasteiger partial charge in [0.1, 0.15) is 0 Å². The standard InChI is InChI=1S/C37H39P2.C5H5.Ni/c1-24-14-9-18-32(28(24)5)38(33-19-10-15-25(2)29(33)6)36-22-13-23-37(36)39(34-20-11-16-26(3)30(34)7)35-21-12-17-27(4)31(35)8;1-2-4-5-3-1;/h9-23H,1-8H3;1-5H;. The molecule has 0 N–H and O–H groups in total. The average molecular weight is 669 g/mol. The fourth-order valence-corrected chi connectivity index (χ4v) is 113. The Balaban J connectivity index is 1.17. The summed E-state index contributed by atoms with van der Waals surface area (Å²) in [6.45, 7) is 19.6. The minimum absolute atomic E-state index is 0.428. The Hall–Kier alpha value is -1.77. The van der Waals surface area contributed by atoms with Crippen LogP contribution in [0.2, 0.25) is 39.1 Å². The van der Waals surface area contributed by atoms with Gasteiger partial charge in [0.15, 0.2) is 0 Å². The monoisotopic (exact) mass is 668 g/mol. The van der Waals surface area contributed by atoms with Gasteiger partial charge in [-0.05, 0) is 0 Å². The molecule has 4 unspecified atom stereocenters. The third-order valence-electron chi connectivity index (χ3n) is 21.2. The van der Waals surface area contributed by atoms with E-state index in [9.17, 15) is 0 Å². The molecular weight excluding hydrogens is 625 g/mol. The molecular formula is C42H44NiP2. The molecule has 10 fully saturated rings. The van der Waals surface area contributed by atoms with Crippen LogP contribution in [0.5, 0.6) is 0 Å². The molecule has 0 bridgehead atoms. The van der Waals surface area contributed by atoms with Gasteiger partial charge in [0.05, 0.1) is 0 Å². The summed E-state index contributed by atoms with van der Waals surface area (Å²) in [5.74, 6) is 0. The third kappa shape index (κ3) is 0.715. The second-order valence-electron chi connectivity index (χ2n) is 18.4. The maximum atomic E-state index is 2.64. The van der Waals surface area contributed by atoms with Gasteiger partial charge in [0.25, 0.3) is 0 Å². The molecule has 10 heterocycles. The molecule has 0 saturated carbocycles. The molecule has 10 saturated heterocycles. The van der Waals surface area contributed by atoms with Crippen molar-refractivity contribution in [2.45, 2.75) is 103 Å². The zero-order chi connectivity index (χ0) is 30.5. The maximum absolute atomic E-state index is 3.81. The fraction of sp³-hybridized carbons (Fsp3) is 0.429. The number of benzene rings is 4. The first-order chi connectivity index (χ1) is 21.4. The molecule has 232 valence electrons. The van der Waals surface area contributed by atoms with Crippen LogP contribution in [0, 0.1) is 55.4 Å². The van der Waals surface area contributed by atoms with Gasteiger partial charge < -0.3 is 0 Å². The van der Waals surface area contributed by atoms with Crippen LogP contribution in [0.25, 0.3) is 0 Å². The topological polar surface area (TPSA) is 0 Å². The Bertz CT molecular complexity index is 2330. The van der Waals surface area contributed by atoms with E-state index in [1.807, 2.05) is 0 Å². The molecule has 4 atom stereocenters. The van der Waals surface area contributed by atoms with Crippen LogP contribution in [0.3, 0.4) is 0 Å². The van der Waals surface area contributed by atoms with Crippen molar-refractivity contribution in [3.63, 3.8) is 0 Å². The summed E-state index contributed by atoms with van der Waals surface area (Å²) in [5, 5.41) is 7.17. The van der Waals surface area contributed by atoms with Crippen LogP contribution in [0.15, 0.2) is 72.8 Å². The first kappa shape index (κ1) is 24.4. The van der Waals surface area contributed by atoms with Crippen molar-refractivity contribution in [3.8, 4) is 0 Å². The van der Waals surface area contributed by atoms with Crippen LogP contribution in [0.1, 0.15) is 44.5 Å². The van der Waals surface area contributed by atoms with Gasteiger partial charge in [-0.25, -0.2) is 0 Å². The van der Waals surface area contributed by atoms with Gasteiger partial charge in [0, 0.05) is 0 Å². The van der Waals surface area contributed by atoms with E-state index in [0.717, 1.165) is 0 Å². The molecule has 0 amide bonds. The predicted molar refractivity (Wildman–Crippen MR) is 192 cm³/mol. The quantitative estimate of drug-likeness (QED) is 0.142. The van der Waals surface area contributed by atoms with Crippen molar-refractivity contribution in [1.29, 1.82) is 0 Å². The van der Waals surface area contributed by atoms with E-state index in [-0.39, 0.29) is 0 Å². The van der Waals surface area contributed by atoms with E-state index in [2.05, 4.69) is 128 Å². The molecule has 0 aliphatic carbocycles. The number of fused-ring (bicyclic) bond motifs is 10. The molecule has 0 nitrogen and oxygen atoms in total. The molecule has 0 radical (unpaired) electrons. The first-order valence-corrected chi connectivity index (χ1v) is 25.5. The zero-order valence-corrected chi connectivity index (χ0v) is 30.5. The number of rotatable bonds is 6. The van der Waals surface area contributed by atoms with Gasteiger partial charge in [-0.2, -0.15) is 0 Å². The van der Waals surface area contributed by atoms with Crippen molar-refractivity contribution in [2.24, 2.45) is 0 Å². The van der Waals surface area contributed by atoms with Crippen LogP contribution < -0.4 is 21.2 Å². The van der Waals surface area contributed by atoms with E-state index in [1.165, 1.54) is 61.4 Å². The molecule has 10 aliphatic rings. The summed E-state index contributed by atoms with van der Waals surface area (Å²) in [6, 6.07) is 29.9. The van der Waals surface area contributed by atoms with Crippen LogP contribution >= 0.6 is 15.8 Å². The number of hydrogen-bond acceptors (Lipinski definition) is 0. The van der Waals surface area contributed by atoms with E-state index in [4.69, 9.17) is 0 Å². The normalized spacial score (nSPS) is 54.2. The van der Waals surface area contributed by atoms with E-state index in [0.29, 0.717) is 8.25 Å². The number of aryl methyl sites for hydroxylation is 4. The third-order valence-corrected chi connectivity index (χ3v) is 73.2. The fourth-order valence-electron chi connectivity index (χ4n) is 20.5. The molecule has 0 aromatic heterocycles. The molecule has 3 heteroatoms. The summed E-state index contributed by atoms with van der Waals surface area (Å²) >= 11 is 0. The molecule has 10 aliphatic heterocycles. The molecule has 14 rings (SSSR count). The summed E-state index contributed by atoms with van der Waals surface area (Å²) < 4.78 is 1.33. The molecule has 45 heavy (non-hydrogen) atoms. The minimum atomic E-state index is -3.81. The van der Waals surface area contributed by atoms with Gasteiger partial charge in [0.2, 0.25) is 0 Å². The van der Waals surface area contributed by atoms with Gasteiger partial charge in [-0.3, -0.25) is 0 Å². The SMILES string of the molecule is Cc1cccc(P(c2cccc(C)c2C)[C]23[CH]4[CH]5[CH]6[C]2(P(c2cccc(C)c2C)c2cccc(C)c2C)[Ni]54632789[CH]3[CH]2[CH]7[CH]8[CH]39)c1C. The zero-order valence-electron chi connectivity index (χ0n) is 27.8. The molecule has 4 aromatic rings. The molecule has 4 aromatic carbocycles.